The number of benzene rings is 2. The van der Waals surface area contributed by atoms with E-state index in [9.17, 15) is 4.79 Å². The molecule has 0 radical (unpaired) electrons. The van der Waals surface area contributed by atoms with Crippen LogP contribution in [0.25, 0.3) is 0 Å². The minimum Gasteiger partial charge on any atom is -0.309 e. The molecule has 2 unspecified atom stereocenters. The smallest absolute Gasteiger partial charge is 0.168 e. The molecule has 4 heteroatoms. The van der Waals surface area contributed by atoms with Crippen molar-refractivity contribution in [2.24, 2.45) is 5.92 Å². The standard InChI is InChI=1S/C18H19Br2NO/c1-21(2)12-16(17(20)13-6-4-3-5-7-13)18(22)14-8-10-15(19)11-9-14/h3-11,16-17H,12H2,1-2H3. The van der Waals surface area contributed by atoms with Crippen molar-refractivity contribution < 1.29 is 4.79 Å². The molecule has 2 aromatic carbocycles. The van der Waals surface area contributed by atoms with E-state index >= 15 is 0 Å². The molecule has 0 aliphatic rings. The van der Waals surface area contributed by atoms with Gasteiger partial charge in [0.25, 0.3) is 0 Å². The lowest BCUT2D eigenvalue weighted by Crippen LogP contribution is -2.31. The highest BCUT2D eigenvalue weighted by atomic mass is 79.9. The number of ketones is 1. The predicted octanol–water partition coefficient (Wildman–Crippen LogP) is 4.95. The zero-order chi connectivity index (χ0) is 16.1. The van der Waals surface area contributed by atoms with E-state index in [0.29, 0.717) is 6.54 Å². The molecule has 2 atom stereocenters. The first-order valence-corrected chi connectivity index (χ1v) is 8.83. The molecule has 0 fully saturated rings. The molecule has 0 saturated carbocycles. The minimum atomic E-state index is -0.140. The van der Waals surface area contributed by atoms with E-state index < -0.39 is 0 Å². The number of rotatable bonds is 6. The maximum atomic E-state index is 12.9. The van der Waals surface area contributed by atoms with Crippen LogP contribution in [0.1, 0.15) is 20.7 Å². The number of nitrogens with zero attached hydrogens (tertiary/aromatic N) is 1. The summed E-state index contributed by atoms with van der Waals surface area (Å²) in [6, 6.07) is 17.7. The van der Waals surface area contributed by atoms with E-state index in [-0.39, 0.29) is 16.5 Å². The van der Waals surface area contributed by atoms with Crippen molar-refractivity contribution in [2.75, 3.05) is 20.6 Å². The summed E-state index contributed by atoms with van der Waals surface area (Å²) in [4.78, 5) is 15.0. The molecule has 2 aromatic rings. The second-order valence-corrected chi connectivity index (χ2v) is 7.45. The number of carbonyl (C=O) groups excluding carboxylic acids is 1. The molecule has 0 aromatic heterocycles. The van der Waals surface area contributed by atoms with Gasteiger partial charge >= 0.3 is 0 Å². The maximum Gasteiger partial charge on any atom is 0.168 e. The van der Waals surface area contributed by atoms with Gasteiger partial charge in [0.05, 0.1) is 10.7 Å². The van der Waals surface area contributed by atoms with Crippen LogP contribution in [0.2, 0.25) is 0 Å². The fourth-order valence-corrected chi connectivity index (χ4v) is 3.38. The third-order valence-electron chi connectivity index (χ3n) is 3.50. The third-order valence-corrected chi connectivity index (χ3v) is 5.19. The number of hydrogen-bond acceptors (Lipinski definition) is 2. The van der Waals surface area contributed by atoms with Crippen molar-refractivity contribution >= 4 is 37.6 Å². The number of carbonyl (C=O) groups is 1. The van der Waals surface area contributed by atoms with Crippen molar-refractivity contribution in [3.05, 3.63) is 70.2 Å². The van der Waals surface area contributed by atoms with E-state index in [4.69, 9.17) is 0 Å². The number of alkyl halides is 1. The Hall–Kier alpha value is -0.970. The summed E-state index contributed by atoms with van der Waals surface area (Å²) in [5, 5.41) is 0. The molecular formula is C18H19Br2NO. The molecule has 0 amide bonds. The third kappa shape index (κ3) is 4.51. The van der Waals surface area contributed by atoms with Crippen molar-refractivity contribution in [3.8, 4) is 0 Å². The summed E-state index contributed by atoms with van der Waals surface area (Å²) in [6.07, 6.45) is 0. The van der Waals surface area contributed by atoms with E-state index in [2.05, 4.69) is 48.9 Å². The Balaban J connectivity index is 2.29. The van der Waals surface area contributed by atoms with Crippen LogP contribution in [0, 0.1) is 5.92 Å². The van der Waals surface area contributed by atoms with Crippen molar-refractivity contribution in [3.63, 3.8) is 0 Å². The Labute approximate surface area is 148 Å². The van der Waals surface area contributed by atoms with E-state index in [1.165, 1.54) is 0 Å². The molecule has 2 rings (SSSR count). The normalized spacial score (nSPS) is 13.9. The van der Waals surface area contributed by atoms with Gasteiger partial charge in [-0.1, -0.05) is 74.3 Å². The highest BCUT2D eigenvalue weighted by Crippen LogP contribution is 2.33. The van der Waals surface area contributed by atoms with Gasteiger partial charge in [-0.25, -0.2) is 0 Å². The number of hydrogen-bond donors (Lipinski definition) is 0. The first kappa shape index (κ1) is 17.4. The second kappa shape index (κ2) is 8.04. The quantitative estimate of drug-likeness (QED) is 0.483. The molecule has 2 nitrogen and oxygen atoms in total. The Bertz CT molecular complexity index is 611. The Morgan fingerprint density at radius 1 is 1.05 bits per heavy atom. The van der Waals surface area contributed by atoms with Crippen LogP contribution in [0.5, 0.6) is 0 Å². The van der Waals surface area contributed by atoms with Gasteiger partial charge in [-0.2, -0.15) is 0 Å². The Morgan fingerprint density at radius 3 is 2.18 bits per heavy atom. The van der Waals surface area contributed by atoms with Crippen molar-refractivity contribution in [1.82, 2.24) is 4.90 Å². The first-order chi connectivity index (χ1) is 10.5. The lowest BCUT2D eigenvalue weighted by molar-refractivity contribution is 0.0896. The van der Waals surface area contributed by atoms with Gasteiger partial charge in [-0.3, -0.25) is 4.79 Å². The van der Waals surface area contributed by atoms with Crippen molar-refractivity contribution in [1.29, 1.82) is 0 Å². The minimum absolute atomic E-state index is 0.00718. The lowest BCUT2D eigenvalue weighted by Gasteiger charge is -2.25. The lowest BCUT2D eigenvalue weighted by atomic mass is 9.90. The Kier molecular flexibility index (Phi) is 6.36. The highest BCUT2D eigenvalue weighted by molar-refractivity contribution is 9.10. The molecule has 0 saturated heterocycles. The molecule has 0 aliphatic carbocycles. The summed E-state index contributed by atoms with van der Waals surface area (Å²) in [7, 11) is 3.99. The topological polar surface area (TPSA) is 20.3 Å². The van der Waals surface area contributed by atoms with Crippen LogP contribution in [0.3, 0.4) is 0 Å². The van der Waals surface area contributed by atoms with Gasteiger partial charge in [0.1, 0.15) is 0 Å². The zero-order valence-electron chi connectivity index (χ0n) is 12.7. The zero-order valence-corrected chi connectivity index (χ0v) is 15.8. The fourth-order valence-electron chi connectivity index (χ4n) is 2.40. The van der Waals surface area contributed by atoms with Gasteiger partial charge in [-0.05, 0) is 31.8 Å². The van der Waals surface area contributed by atoms with Crippen LogP contribution in [0.15, 0.2) is 59.1 Å². The first-order valence-electron chi connectivity index (χ1n) is 7.12. The monoisotopic (exact) mass is 423 g/mol. The molecular weight excluding hydrogens is 406 g/mol. The van der Waals surface area contributed by atoms with E-state index in [0.717, 1.165) is 15.6 Å². The van der Waals surface area contributed by atoms with Crippen LogP contribution >= 0.6 is 31.9 Å². The predicted molar refractivity (Wildman–Crippen MR) is 98.6 cm³/mol. The molecule has 0 heterocycles. The molecule has 22 heavy (non-hydrogen) atoms. The van der Waals surface area contributed by atoms with E-state index in [1.54, 1.807) is 0 Å². The largest absolute Gasteiger partial charge is 0.309 e. The van der Waals surface area contributed by atoms with E-state index in [1.807, 2.05) is 56.6 Å². The van der Waals surface area contributed by atoms with Gasteiger partial charge < -0.3 is 4.90 Å². The summed E-state index contributed by atoms with van der Waals surface area (Å²) in [5.74, 6) is 0.0190. The molecule has 0 bridgehead atoms. The van der Waals surface area contributed by atoms with Crippen molar-refractivity contribution in [2.45, 2.75) is 4.83 Å². The summed E-state index contributed by atoms with van der Waals surface area (Å²) < 4.78 is 0.978. The molecule has 0 N–H and O–H groups in total. The molecule has 116 valence electrons. The highest BCUT2D eigenvalue weighted by Gasteiger charge is 2.29. The number of Topliss-reactive ketones (excluding diaryl/α,β-unsaturated/α-hetero) is 1. The summed E-state index contributed by atoms with van der Waals surface area (Å²) in [6.45, 7) is 0.694. The SMILES string of the molecule is CN(C)CC(C(=O)c1ccc(Br)cc1)C(Br)c1ccccc1. The van der Waals surface area contributed by atoms with Crippen LogP contribution in [0.4, 0.5) is 0 Å². The fraction of sp³-hybridized carbons (Fsp3) is 0.278. The average Bonchev–Trinajstić information content (AvgIpc) is 2.53. The summed E-state index contributed by atoms with van der Waals surface area (Å²) >= 11 is 7.15. The molecule has 0 aliphatic heterocycles. The molecule has 0 spiro atoms. The Morgan fingerprint density at radius 2 is 1.64 bits per heavy atom. The average molecular weight is 425 g/mol. The van der Waals surface area contributed by atoms with Gasteiger partial charge in [0.2, 0.25) is 0 Å². The second-order valence-electron chi connectivity index (χ2n) is 5.55. The van der Waals surface area contributed by atoms with Gasteiger partial charge in [0, 0.05) is 16.6 Å². The van der Waals surface area contributed by atoms with Crippen LogP contribution in [-0.4, -0.2) is 31.3 Å². The van der Waals surface area contributed by atoms with Gasteiger partial charge in [0.15, 0.2) is 5.78 Å². The number of halogens is 2. The van der Waals surface area contributed by atoms with Crippen LogP contribution < -0.4 is 0 Å². The van der Waals surface area contributed by atoms with Crippen LogP contribution in [-0.2, 0) is 0 Å². The van der Waals surface area contributed by atoms with Gasteiger partial charge in [-0.15, -0.1) is 0 Å². The maximum absolute atomic E-state index is 12.9. The summed E-state index contributed by atoms with van der Waals surface area (Å²) in [5.41, 5.74) is 1.87.